The van der Waals surface area contributed by atoms with E-state index in [1.54, 1.807) is 29.7 Å². The van der Waals surface area contributed by atoms with Gasteiger partial charge in [0.05, 0.1) is 17.1 Å². The van der Waals surface area contributed by atoms with Crippen LogP contribution in [0.3, 0.4) is 0 Å². The number of anilines is 1. The minimum absolute atomic E-state index is 0.0841. The fraction of sp³-hybridized carbons (Fsp3) is 0.263. The zero-order valence-corrected chi connectivity index (χ0v) is 16.2. The molecule has 0 saturated heterocycles. The first kappa shape index (κ1) is 18.6. The molecule has 0 radical (unpaired) electrons. The van der Waals surface area contributed by atoms with E-state index in [1.807, 2.05) is 42.3 Å². The number of aryl methyl sites for hydroxylation is 1. The van der Waals surface area contributed by atoms with E-state index in [0.717, 1.165) is 28.4 Å². The van der Waals surface area contributed by atoms with Crippen LogP contribution in [0.25, 0.3) is 10.8 Å². The zero-order valence-electron chi connectivity index (χ0n) is 14.7. The minimum Gasteiger partial charge on any atom is -0.444 e. The lowest BCUT2D eigenvalue weighted by Crippen LogP contribution is -2.33. The summed E-state index contributed by atoms with van der Waals surface area (Å²) >= 11 is 7.59. The van der Waals surface area contributed by atoms with Crippen LogP contribution in [-0.4, -0.2) is 28.9 Å². The molecule has 1 amide bonds. The van der Waals surface area contributed by atoms with E-state index in [9.17, 15) is 4.79 Å². The lowest BCUT2D eigenvalue weighted by atomic mass is 10.2. The van der Waals surface area contributed by atoms with E-state index in [2.05, 4.69) is 10.3 Å². The van der Waals surface area contributed by atoms with Gasteiger partial charge >= 0.3 is 0 Å². The number of benzene rings is 1. The molecule has 2 heterocycles. The van der Waals surface area contributed by atoms with Crippen molar-refractivity contribution >= 4 is 34.5 Å². The second kappa shape index (κ2) is 8.49. The SMILES string of the molecule is CCN(CC(=O)Nc1cc(Cl)ccc1C)Cc1coc(-c2cccs2)n1. The Kier molecular flexibility index (Phi) is 6.08. The Balaban J connectivity index is 1.60. The molecule has 0 saturated carbocycles. The molecule has 3 aromatic rings. The Morgan fingerprint density at radius 1 is 1.38 bits per heavy atom. The molecule has 3 rings (SSSR count). The van der Waals surface area contributed by atoms with Crippen LogP contribution in [-0.2, 0) is 11.3 Å². The monoisotopic (exact) mass is 389 g/mol. The molecule has 0 aliphatic carbocycles. The van der Waals surface area contributed by atoms with Crippen molar-refractivity contribution in [2.45, 2.75) is 20.4 Å². The van der Waals surface area contributed by atoms with Crippen LogP contribution in [0.1, 0.15) is 18.2 Å². The Labute approximate surface area is 161 Å². The van der Waals surface area contributed by atoms with Crippen molar-refractivity contribution in [2.24, 2.45) is 0 Å². The van der Waals surface area contributed by atoms with Gasteiger partial charge in [-0.15, -0.1) is 11.3 Å². The van der Waals surface area contributed by atoms with Gasteiger partial charge in [-0.1, -0.05) is 30.7 Å². The summed E-state index contributed by atoms with van der Waals surface area (Å²) in [5.74, 6) is 0.532. The molecule has 0 spiro atoms. The fourth-order valence-electron chi connectivity index (χ4n) is 2.52. The van der Waals surface area contributed by atoms with Gasteiger partial charge in [0.1, 0.15) is 6.26 Å². The molecule has 0 bridgehead atoms. The van der Waals surface area contributed by atoms with E-state index in [0.29, 0.717) is 17.5 Å². The number of halogens is 1. The van der Waals surface area contributed by atoms with Crippen molar-refractivity contribution in [1.29, 1.82) is 0 Å². The second-order valence-electron chi connectivity index (χ2n) is 5.93. The van der Waals surface area contributed by atoms with Crippen molar-refractivity contribution in [3.05, 3.63) is 58.3 Å². The number of aromatic nitrogens is 1. The first-order valence-corrected chi connectivity index (χ1v) is 9.57. The quantitative estimate of drug-likeness (QED) is 0.629. The highest BCUT2D eigenvalue weighted by atomic mass is 35.5. The van der Waals surface area contributed by atoms with Gasteiger partial charge in [-0.2, -0.15) is 0 Å². The molecule has 0 aliphatic heterocycles. The number of thiophene rings is 1. The number of oxazole rings is 1. The average Bonchev–Trinajstić information content (AvgIpc) is 3.28. The molecule has 5 nitrogen and oxygen atoms in total. The van der Waals surface area contributed by atoms with Gasteiger partial charge < -0.3 is 9.73 Å². The predicted molar refractivity (Wildman–Crippen MR) is 106 cm³/mol. The zero-order chi connectivity index (χ0) is 18.5. The average molecular weight is 390 g/mol. The number of nitrogens with one attached hydrogen (secondary N) is 1. The van der Waals surface area contributed by atoms with Gasteiger partial charge in [0.2, 0.25) is 11.8 Å². The molecule has 1 aromatic carbocycles. The summed E-state index contributed by atoms with van der Waals surface area (Å²) in [6.07, 6.45) is 1.65. The molecule has 2 aromatic heterocycles. The predicted octanol–water partition coefficient (Wildman–Crippen LogP) is 4.83. The maximum absolute atomic E-state index is 12.4. The Morgan fingerprint density at radius 2 is 2.23 bits per heavy atom. The van der Waals surface area contributed by atoms with Gasteiger partial charge in [-0.25, -0.2) is 4.98 Å². The highest BCUT2D eigenvalue weighted by molar-refractivity contribution is 7.13. The van der Waals surface area contributed by atoms with E-state index in [-0.39, 0.29) is 12.5 Å². The molecule has 136 valence electrons. The maximum Gasteiger partial charge on any atom is 0.238 e. The van der Waals surface area contributed by atoms with Gasteiger partial charge in [0, 0.05) is 17.3 Å². The van der Waals surface area contributed by atoms with Crippen LogP contribution < -0.4 is 5.32 Å². The number of carbonyl (C=O) groups is 1. The summed E-state index contributed by atoms with van der Waals surface area (Å²) in [7, 11) is 0. The van der Waals surface area contributed by atoms with Crippen LogP contribution >= 0.6 is 22.9 Å². The first-order valence-electron chi connectivity index (χ1n) is 8.31. The highest BCUT2D eigenvalue weighted by Gasteiger charge is 2.14. The Hall–Kier alpha value is -2.15. The Morgan fingerprint density at radius 3 is 2.96 bits per heavy atom. The molecule has 26 heavy (non-hydrogen) atoms. The lowest BCUT2D eigenvalue weighted by Gasteiger charge is -2.19. The van der Waals surface area contributed by atoms with Gasteiger partial charge in [-0.05, 0) is 42.6 Å². The molecule has 0 fully saturated rings. The van der Waals surface area contributed by atoms with Crippen LogP contribution in [0.4, 0.5) is 5.69 Å². The van der Waals surface area contributed by atoms with Crippen molar-refractivity contribution in [2.75, 3.05) is 18.4 Å². The molecular weight excluding hydrogens is 370 g/mol. The summed E-state index contributed by atoms with van der Waals surface area (Å²) in [4.78, 5) is 19.9. The van der Waals surface area contributed by atoms with Crippen molar-refractivity contribution in [1.82, 2.24) is 9.88 Å². The molecule has 0 aliphatic rings. The lowest BCUT2D eigenvalue weighted by molar-refractivity contribution is -0.117. The van der Waals surface area contributed by atoms with Crippen molar-refractivity contribution in [3.8, 4) is 10.8 Å². The molecule has 7 heteroatoms. The van der Waals surface area contributed by atoms with E-state index in [1.165, 1.54) is 0 Å². The summed E-state index contributed by atoms with van der Waals surface area (Å²) in [6, 6.07) is 9.39. The van der Waals surface area contributed by atoms with Gasteiger partial charge in [-0.3, -0.25) is 9.69 Å². The highest BCUT2D eigenvalue weighted by Crippen LogP contribution is 2.24. The van der Waals surface area contributed by atoms with Crippen molar-refractivity contribution < 1.29 is 9.21 Å². The van der Waals surface area contributed by atoms with Crippen LogP contribution in [0.5, 0.6) is 0 Å². The molecule has 0 unspecified atom stereocenters. The number of carbonyl (C=O) groups excluding carboxylic acids is 1. The summed E-state index contributed by atoms with van der Waals surface area (Å²) < 4.78 is 5.54. The van der Waals surface area contributed by atoms with Gasteiger partial charge in [0.25, 0.3) is 0 Å². The number of amides is 1. The number of likely N-dealkylation sites (N-methyl/N-ethyl adjacent to an activating group) is 1. The van der Waals surface area contributed by atoms with E-state index in [4.69, 9.17) is 16.0 Å². The normalized spacial score (nSPS) is 11.1. The number of nitrogens with zero attached hydrogens (tertiary/aromatic N) is 2. The van der Waals surface area contributed by atoms with Crippen LogP contribution in [0, 0.1) is 6.92 Å². The van der Waals surface area contributed by atoms with Crippen molar-refractivity contribution in [3.63, 3.8) is 0 Å². The third kappa shape index (κ3) is 4.72. The van der Waals surface area contributed by atoms with Crippen LogP contribution in [0.15, 0.2) is 46.4 Å². The summed E-state index contributed by atoms with van der Waals surface area (Å²) in [6.45, 7) is 5.49. The Bertz CT molecular complexity index is 877. The molecule has 0 atom stereocenters. The first-order chi connectivity index (χ1) is 12.5. The fourth-order valence-corrected chi connectivity index (χ4v) is 3.35. The van der Waals surface area contributed by atoms with E-state index >= 15 is 0 Å². The molecular formula is C19H20ClN3O2S. The summed E-state index contributed by atoms with van der Waals surface area (Å²) in [5.41, 5.74) is 2.52. The van der Waals surface area contributed by atoms with Crippen LogP contribution in [0.2, 0.25) is 5.02 Å². The number of hydrogen-bond acceptors (Lipinski definition) is 5. The smallest absolute Gasteiger partial charge is 0.238 e. The summed E-state index contributed by atoms with van der Waals surface area (Å²) in [5, 5.41) is 5.51. The molecule has 1 N–H and O–H groups in total. The topological polar surface area (TPSA) is 58.4 Å². The maximum atomic E-state index is 12.4. The number of hydrogen-bond donors (Lipinski definition) is 1. The standard InChI is InChI=1S/C19H20ClN3O2S/c1-3-23(10-15-12-25-19(21-15)17-5-4-8-26-17)11-18(24)22-16-9-14(20)7-6-13(16)2/h4-9,12H,3,10-11H2,1-2H3,(H,22,24). The van der Waals surface area contributed by atoms with E-state index < -0.39 is 0 Å². The number of rotatable bonds is 7. The van der Waals surface area contributed by atoms with Gasteiger partial charge in [0.15, 0.2) is 0 Å². The third-order valence-corrected chi connectivity index (χ3v) is 5.05. The minimum atomic E-state index is -0.0841. The second-order valence-corrected chi connectivity index (χ2v) is 7.32. The largest absolute Gasteiger partial charge is 0.444 e. The third-order valence-electron chi connectivity index (χ3n) is 3.96.